The molecule has 0 saturated carbocycles. The minimum atomic E-state index is -4.00. The van der Waals surface area contributed by atoms with Crippen LogP contribution in [-0.4, -0.2) is 111 Å². The van der Waals surface area contributed by atoms with E-state index in [9.17, 15) is 0 Å². The van der Waals surface area contributed by atoms with Gasteiger partial charge in [-0.05, 0) is 168 Å². The molecule has 0 radical (unpaired) electrons. The largest absolute Gasteiger partial charge is 0.433 e. The highest BCUT2D eigenvalue weighted by Gasteiger charge is 2.62. The van der Waals surface area contributed by atoms with Crippen LogP contribution in [0.4, 0.5) is 0 Å². The summed E-state index contributed by atoms with van der Waals surface area (Å²) in [6.45, 7) is 37.2. The van der Waals surface area contributed by atoms with E-state index < -0.39 is 111 Å². The van der Waals surface area contributed by atoms with Gasteiger partial charge in [0.1, 0.15) is 0 Å². The first kappa shape index (κ1) is 82.7. The molecule has 0 N–H and O–H groups in total. The van der Waals surface area contributed by atoms with Gasteiger partial charge in [-0.25, -0.2) is 0 Å². The van der Waals surface area contributed by atoms with Gasteiger partial charge in [0.2, 0.25) is 0 Å². The van der Waals surface area contributed by atoms with Crippen LogP contribution in [0.3, 0.4) is 0 Å². The molecule has 11 aromatic rings. The third kappa shape index (κ3) is 20.1. The molecule has 0 amide bonds. The van der Waals surface area contributed by atoms with Crippen molar-refractivity contribution in [1.29, 1.82) is 0 Å². The molecule has 12 nitrogen and oxygen atoms in total. The fraction of sp³-hybridized carbons (Fsp3) is 0.205. The molecule has 10 atom stereocenters. The van der Waals surface area contributed by atoms with Crippen LogP contribution in [0, 0.1) is 0 Å². The van der Waals surface area contributed by atoms with Crippen LogP contribution < -0.4 is 57.1 Å². The van der Waals surface area contributed by atoms with Crippen molar-refractivity contribution in [2.24, 2.45) is 0 Å². The maximum absolute atomic E-state index is 8.44. The van der Waals surface area contributed by atoms with E-state index in [1.54, 1.807) is 0 Å². The van der Waals surface area contributed by atoms with Gasteiger partial charge in [0.15, 0.2) is 16.6 Å². The normalized spacial score (nSPS) is 18.4. The van der Waals surface area contributed by atoms with Gasteiger partial charge in [-0.2, -0.15) is 0 Å². The summed E-state index contributed by atoms with van der Waals surface area (Å²) in [5.41, 5.74) is 0. The van der Waals surface area contributed by atoms with E-state index in [-0.39, 0.29) is 0 Å². The van der Waals surface area contributed by atoms with Crippen LogP contribution in [0.25, 0.3) is 0 Å². The topological polar surface area (TPSA) is 111 Å². The van der Waals surface area contributed by atoms with Crippen LogP contribution in [0.2, 0.25) is 111 Å². The fourth-order valence-corrected chi connectivity index (χ4v) is 78.7. The minimum Gasteiger partial charge on any atom is -0.433 e. The SMILES string of the molecule is C[Si](C)(C)O[Si](C)(O[Si](C)(O[Si](C)(O[Si](C)(O[Si](C)(O[Si](C)(O[Si](C)(O[Si](C)(O[Si](C)(O[Si](C)(O[Si](C)(O[Si](C)(C)C)c1ccccc1)c1ccccc1)c1ccccc1)c1ccccc1)c1ccccc1)c1ccccc1)c1ccccc1)c1ccccc1)c1ccccc1)c1ccccc1)c1ccccc1. The summed E-state index contributed by atoms with van der Waals surface area (Å²) in [6.07, 6.45) is 0. The van der Waals surface area contributed by atoms with Crippen molar-refractivity contribution >= 4 is 168 Å². The molecule has 0 aromatic heterocycles. The highest BCUT2D eigenvalue weighted by atomic mass is 28.5. The Morgan fingerprint density at radius 3 is 0.259 bits per heavy atom. The molecule has 0 fully saturated rings. The van der Waals surface area contributed by atoms with Crippen molar-refractivity contribution in [3.05, 3.63) is 334 Å². The fourth-order valence-electron chi connectivity index (χ4n) is 14.6. The van der Waals surface area contributed by atoms with Gasteiger partial charge in [0, 0.05) is 0 Å². The van der Waals surface area contributed by atoms with Crippen molar-refractivity contribution < 1.29 is 49.4 Å². The van der Waals surface area contributed by atoms with Gasteiger partial charge in [-0.3, -0.25) is 0 Å². The van der Waals surface area contributed by atoms with E-state index >= 15 is 0 Å². The van der Waals surface area contributed by atoms with Crippen LogP contribution in [-0.2, 0) is 49.4 Å². The Balaban J connectivity index is 1.06. The molecule has 562 valence electrons. The molecule has 0 aliphatic carbocycles. The van der Waals surface area contributed by atoms with Crippen LogP contribution >= 0.6 is 0 Å². The van der Waals surface area contributed by atoms with E-state index in [2.05, 4.69) is 378 Å². The molecule has 0 bridgehead atoms. The van der Waals surface area contributed by atoms with Crippen molar-refractivity contribution in [2.75, 3.05) is 0 Å². The third-order valence-electron chi connectivity index (χ3n) is 19.2. The average molecular weight is 1660 g/mol. The predicted molar refractivity (Wildman–Crippen MR) is 474 cm³/mol. The van der Waals surface area contributed by atoms with Crippen LogP contribution in [0.15, 0.2) is 334 Å². The zero-order valence-electron chi connectivity index (χ0n) is 65.7. The van der Waals surface area contributed by atoms with Crippen molar-refractivity contribution in [2.45, 2.75) is 111 Å². The molecule has 0 spiro atoms. The Bertz CT molecular complexity index is 4360. The second-order valence-electron chi connectivity index (χ2n) is 30.9. The average Bonchev–Trinajstić information content (AvgIpc) is 0.743. The van der Waals surface area contributed by atoms with Crippen molar-refractivity contribution in [1.82, 2.24) is 0 Å². The zero-order chi connectivity index (χ0) is 77.2. The highest BCUT2D eigenvalue weighted by molar-refractivity contribution is 7.07. The van der Waals surface area contributed by atoms with Crippen LogP contribution in [0.1, 0.15) is 0 Å². The lowest BCUT2D eigenvalue weighted by atomic mass is 10.4. The van der Waals surface area contributed by atoms with E-state index in [1.807, 2.05) is 66.7 Å². The minimum absolute atomic E-state index is 0.883. The van der Waals surface area contributed by atoms with E-state index in [0.717, 1.165) is 57.1 Å². The first-order chi connectivity index (χ1) is 51.1. The standard InChI is InChI=1S/C83H106O12Si13/c1-96(2,3)84-98(7,73-51-29-18-30-52-73)86-100(9,75-55-33-20-34-56-75)88-102(11,77-59-37-22-38-60-77)90-104(13,79-63-41-24-42-64-79)92-106(15,81-67-45-26-46-68-81)94-108(17,83-71-49-28-50-72-83)95-107(16,82-69-47-27-48-70-82)93-105(14,80-65-43-25-44-66-80)91-103(12,78-61-39-23-40-62-78)89-101(10,76-57-35-21-36-58-76)87-99(8,85-97(4,5)6)74-53-31-19-32-54-74/h18-72H,1-17H3. The lowest BCUT2D eigenvalue weighted by Crippen LogP contribution is -2.76. The van der Waals surface area contributed by atoms with Crippen LogP contribution in [0.5, 0.6) is 0 Å². The first-order valence-electron chi connectivity index (χ1n) is 37.2. The smallest absolute Gasteiger partial charge is 0.352 e. The first-order valence-corrected chi connectivity index (χ1v) is 69.5. The molecule has 0 heterocycles. The van der Waals surface area contributed by atoms with Gasteiger partial charge in [0.25, 0.3) is 0 Å². The summed E-state index contributed by atoms with van der Waals surface area (Å²) >= 11 is 0. The van der Waals surface area contributed by atoms with E-state index in [4.69, 9.17) is 49.4 Å². The van der Waals surface area contributed by atoms with E-state index in [0.29, 0.717) is 0 Å². The lowest BCUT2D eigenvalue weighted by Gasteiger charge is -2.49. The maximum Gasteiger partial charge on any atom is 0.352 e. The molecule has 25 heteroatoms. The molecule has 10 unspecified atom stereocenters. The summed E-state index contributed by atoms with van der Waals surface area (Å²) in [4.78, 5) is 0. The molecular weight excluding hydrogens is 1550 g/mol. The Hall–Kier alpha value is -6.24. The van der Waals surface area contributed by atoms with Gasteiger partial charge >= 0.3 is 94.2 Å². The molecule has 11 rings (SSSR count). The molecule has 108 heavy (non-hydrogen) atoms. The number of rotatable bonds is 35. The Morgan fingerprint density at radius 2 is 0.185 bits per heavy atom. The Labute approximate surface area is 656 Å². The summed E-state index contributed by atoms with van der Waals surface area (Å²) < 4.78 is 97.3. The van der Waals surface area contributed by atoms with Crippen molar-refractivity contribution in [3.8, 4) is 0 Å². The molecule has 11 aromatic carbocycles. The number of hydrogen-bond acceptors (Lipinski definition) is 12. The Morgan fingerprint density at radius 1 is 0.111 bits per heavy atom. The quantitative estimate of drug-likeness (QED) is 0.0353. The highest BCUT2D eigenvalue weighted by Crippen LogP contribution is 2.35. The lowest BCUT2D eigenvalue weighted by molar-refractivity contribution is 0.266. The van der Waals surface area contributed by atoms with Gasteiger partial charge in [0.05, 0.1) is 0 Å². The zero-order valence-corrected chi connectivity index (χ0v) is 78.7. The van der Waals surface area contributed by atoms with Gasteiger partial charge < -0.3 is 49.4 Å². The maximum atomic E-state index is 8.44. The molecule has 0 aliphatic rings. The van der Waals surface area contributed by atoms with Crippen molar-refractivity contribution in [3.63, 3.8) is 0 Å². The number of benzene rings is 11. The van der Waals surface area contributed by atoms with Gasteiger partial charge in [-0.1, -0.05) is 334 Å². The second-order valence-corrected chi connectivity index (χ2v) is 76.3. The third-order valence-corrected chi connectivity index (χ3v) is 73.6. The molecular formula is C83H106O12Si13. The summed E-state index contributed by atoms with van der Waals surface area (Å²) in [5.74, 6) is 0. The second kappa shape index (κ2) is 34.0. The monoisotopic (exact) mass is 1660 g/mol. The summed E-state index contributed by atoms with van der Waals surface area (Å²) in [7, 11) is -46.0. The predicted octanol–water partition coefficient (Wildman–Crippen LogP) is 13.6. The van der Waals surface area contributed by atoms with Gasteiger partial charge in [-0.15, -0.1) is 0 Å². The Kier molecular flexibility index (Phi) is 26.0. The summed E-state index contributed by atoms with van der Waals surface area (Å²) in [5, 5.41) is 10.3. The van der Waals surface area contributed by atoms with E-state index in [1.165, 1.54) is 0 Å². The number of hydrogen-bond donors (Lipinski definition) is 0. The molecule has 0 aliphatic heterocycles. The molecule has 0 saturated heterocycles. The summed E-state index contributed by atoms with van der Waals surface area (Å²) in [6, 6.07) is 115.